The van der Waals surface area contributed by atoms with Gasteiger partial charge >= 0.3 is 0 Å². The van der Waals surface area contributed by atoms with Crippen molar-refractivity contribution in [3.63, 3.8) is 0 Å². The lowest BCUT2D eigenvalue weighted by Crippen LogP contribution is -2.30. The zero-order valence-electron chi connectivity index (χ0n) is 9.89. The molecule has 0 aliphatic carbocycles. The minimum Gasteiger partial charge on any atom is -0.380 e. The van der Waals surface area contributed by atoms with E-state index in [9.17, 15) is 10.1 Å². The smallest absolute Gasteiger partial charge is 0.273 e. The number of nitrogens with zero attached hydrogens (tertiary/aromatic N) is 1. The summed E-state index contributed by atoms with van der Waals surface area (Å²) in [6.07, 6.45) is 1.99. The predicted molar refractivity (Wildman–Crippen MR) is 68.4 cm³/mol. The first-order chi connectivity index (χ1) is 8.69. The number of anilines is 2. The summed E-state index contributed by atoms with van der Waals surface area (Å²) in [6, 6.07) is 4.81. The van der Waals surface area contributed by atoms with Crippen molar-refractivity contribution in [2.24, 2.45) is 5.84 Å². The van der Waals surface area contributed by atoms with Crippen LogP contribution in [0.3, 0.4) is 0 Å². The van der Waals surface area contributed by atoms with Crippen LogP contribution in [-0.2, 0) is 4.74 Å². The van der Waals surface area contributed by atoms with Crippen LogP contribution in [0.15, 0.2) is 18.2 Å². The SMILES string of the molecule is NNc1cc(NC2CCCOC2)cc([N+](=O)[O-])c1. The molecule has 7 heteroatoms. The summed E-state index contributed by atoms with van der Waals surface area (Å²) in [5.74, 6) is 5.30. The Labute approximate surface area is 104 Å². The second-order valence-corrected chi connectivity index (χ2v) is 4.23. The molecule has 18 heavy (non-hydrogen) atoms. The number of nitro benzene ring substituents is 1. The maximum atomic E-state index is 10.8. The van der Waals surface area contributed by atoms with Gasteiger partial charge in [0.25, 0.3) is 5.69 Å². The number of nitrogens with one attached hydrogen (secondary N) is 2. The third-order valence-corrected chi connectivity index (χ3v) is 2.83. The van der Waals surface area contributed by atoms with Crippen molar-refractivity contribution < 1.29 is 9.66 Å². The van der Waals surface area contributed by atoms with Gasteiger partial charge in [0.05, 0.1) is 17.2 Å². The van der Waals surface area contributed by atoms with Gasteiger partial charge in [-0.2, -0.15) is 0 Å². The molecule has 0 radical (unpaired) electrons. The lowest BCUT2D eigenvalue weighted by Gasteiger charge is -2.24. The lowest BCUT2D eigenvalue weighted by molar-refractivity contribution is -0.384. The Morgan fingerprint density at radius 1 is 1.39 bits per heavy atom. The van der Waals surface area contributed by atoms with Crippen LogP contribution < -0.4 is 16.6 Å². The molecule has 1 atom stereocenters. The van der Waals surface area contributed by atoms with E-state index in [1.807, 2.05) is 0 Å². The molecule has 0 bridgehead atoms. The fourth-order valence-corrected chi connectivity index (χ4v) is 1.97. The van der Waals surface area contributed by atoms with E-state index >= 15 is 0 Å². The number of nitrogens with two attached hydrogens (primary N) is 1. The van der Waals surface area contributed by atoms with E-state index in [0.29, 0.717) is 18.0 Å². The second-order valence-electron chi connectivity index (χ2n) is 4.23. The van der Waals surface area contributed by atoms with Crippen molar-refractivity contribution >= 4 is 17.1 Å². The van der Waals surface area contributed by atoms with E-state index in [1.54, 1.807) is 6.07 Å². The first kappa shape index (κ1) is 12.6. The van der Waals surface area contributed by atoms with Crippen molar-refractivity contribution in [2.75, 3.05) is 24.0 Å². The number of ether oxygens (including phenoxy) is 1. The van der Waals surface area contributed by atoms with Crippen molar-refractivity contribution in [2.45, 2.75) is 18.9 Å². The van der Waals surface area contributed by atoms with Crippen molar-refractivity contribution in [1.82, 2.24) is 0 Å². The largest absolute Gasteiger partial charge is 0.380 e. The van der Waals surface area contributed by atoms with E-state index in [-0.39, 0.29) is 11.7 Å². The quantitative estimate of drug-likeness (QED) is 0.426. The average Bonchev–Trinajstić information content (AvgIpc) is 2.39. The number of benzene rings is 1. The highest BCUT2D eigenvalue weighted by molar-refractivity contribution is 5.63. The van der Waals surface area contributed by atoms with Crippen molar-refractivity contribution in [1.29, 1.82) is 0 Å². The molecule has 1 aromatic rings. The van der Waals surface area contributed by atoms with Crippen LogP contribution >= 0.6 is 0 Å². The summed E-state index contributed by atoms with van der Waals surface area (Å²) in [6.45, 7) is 1.40. The summed E-state index contributed by atoms with van der Waals surface area (Å²) < 4.78 is 5.35. The maximum absolute atomic E-state index is 10.8. The molecule has 0 saturated carbocycles. The molecule has 98 valence electrons. The molecular formula is C11H16N4O3. The highest BCUT2D eigenvalue weighted by atomic mass is 16.6. The van der Waals surface area contributed by atoms with Crippen LogP contribution in [0.1, 0.15) is 12.8 Å². The van der Waals surface area contributed by atoms with E-state index < -0.39 is 4.92 Å². The van der Waals surface area contributed by atoms with Gasteiger partial charge in [0, 0.05) is 30.5 Å². The summed E-state index contributed by atoms with van der Waals surface area (Å²) in [7, 11) is 0. The zero-order valence-corrected chi connectivity index (χ0v) is 9.89. The monoisotopic (exact) mass is 252 g/mol. The van der Waals surface area contributed by atoms with Gasteiger partial charge in [-0.15, -0.1) is 0 Å². The Morgan fingerprint density at radius 3 is 2.78 bits per heavy atom. The number of nitro groups is 1. The summed E-state index contributed by atoms with van der Waals surface area (Å²) in [5, 5.41) is 14.0. The van der Waals surface area contributed by atoms with Crippen LogP contribution in [0, 0.1) is 10.1 Å². The van der Waals surface area contributed by atoms with E-state index in [4.69, 9.17) is 10.6 Å². The summed E-state index contributed by atoms with van der Waals surface area (Å²) in [4.78, 5) is 10.4. The predicted octanol–water partition coefficient (Wildman–Crippen LogP) is 1.47. The van der Waals surface area contributed by atoms with Crippen LogP contribution in [-0.4, -0.2) is 24.2 Å². The highest BCUT2D eigenvalue weighted by Crippen LogP contribution is 2.25. The topological polar surface area (TPSA) is 102 Å². The standard InChI is InChI=1S/C11H16N4O3/c12-14-10-4-9(5-11(6-10)15(16)17)13-8-2-1-3-18-7-8/h4-6,8,13-14H,1-3,7,12H2. The normalized spacial score (nSPS) is 19.3. The molecule has 1 aromatic carbocycles. The van der Waals surface area contributed by atoms with E-state index in [0.717, 1.165) is 19.4 Å². The molecule has 1 unspecified atom stereocenters. The molecule has 0 amide bonds. The molecule has 1 aliphatic rings. The molecule has 1 saturated heterocycles. The molecule has 0 aromatic heterocycles. The Morgan fingerprint density at radius 2 is 2.17 bits per heavy atom. The van der Waals surface area contributed by atoms with Gasteiger partial charge in [-0.3, -0.25) is 16.0 Å². The van der Waals surface area contributed by atoms with Gasteiger partial charge < -0.3 is 15.5 Å². The Hall–Kier alpha value is -1.86. The maximum Gasteiger partial charge on any atom is 0.273 e. The fourth-order valence-electron chi connectivity index (χ4n) is 1.97. The van der Waals surface area contributed by atoms with Crippen LogP contribution in [0.2, 0.25) is 0 Å². The van der Waals surface area contributed by atoms with Gasteiger partial charge in [0.1, 0.15) is 0 Å². The fraction of sp³-hybridized carbons (Fsp3) is 0.455. The minimum atomic E-state index is -0.441. The van der Waals surface area contributed by atoms with Gasteiger partial charge in [0.2, 0.25) is 0 Å². The van der Waals surface area contributed by atoms with Crippen molar-refractivity contribution in [3.8, 4) is 0 Å². The van der Waals surface area contributed by atoms with Crippen molar-refractivity contribution in [3.05, 3.63) is 28.3 Å². The summed E-state index contributed by atoms with van der Waals surface area (Å²) in [5.41, 5.74) is 3.61. The van der Waals surface area contributed by atoms with Gasteiger partial charge in [-0.25, -0.2) is 0 Å². The third-order valence-electron chi connectivity index (χ3n) is 2.83. The number of nitrogen functional groups attached to an aromatic ring is 1. The Balaban J connectivity index is 2.15. The van der Waals surface area contributed by atoms with Crippen LogP contribution in [0.4, 0.5) is 17.1 Å². The zero-order chi connectivity index (χ0) is 13.0. The third kappa shape index (κ3) is 3.08. The average molecular weight is 252 g/mol. The van der Waals surface area contributed by atoms with Gasteiger partial charge in [-0.05, 0) is 18.9 Å². The van der Waals surface area contributed by atoms with Gasteiger partial charge in [0.15, 0.2) is 0 Å². The number of non-ortho nitro benzene ring substituents is 1. The molecule has 7 nitrogen and oxygen atoms in total. The van der Waals surface area contributed by atoms with E-state index in [2.05, 4.69) is 10.7 Å². The minimum absolute atomic E-state index is 0.00433. The lowest BCUT2D eigenvalue weighted by atomic mass is 10.1. The van der Waals surface area contributed by atoms with Gasteiger partial charge in [-0.1, -0.05) is 0 Å². The molecule has 1 aliphatic heterocycles. The number of hydrogen-bond acceptors (Lipinski definition) is 6. The first-order valence-electron chi connectivity index (χ1n) is 5.79. The number of rotatable bonds is 4. The molecule has 4 N–H and O–H groups in total. The van der Waals surface area contributed by atoms with Crippen LogP contribution in [0.5, 0.6) is 0 Å². The number of hydrazine groups is 1. The van der Waals surface area contributed by atoms with Crippen LogP contribution in [0.25, 0.3) is 0 Å². The molecular weight excluding hydrogens is 236 g/mol. The number of hydrogen-bond donors (Lipinski definition) is 3. The Kier molecular flexibility index (Phi) is 3.96. The molecule has 2 rings (SSSR count). The summed E-state index contributed by atoms with van der Waals surface area (Å²) >= 11 is 0. The molecule has 1 fully saturated rings. The second kappa shape index (κ2) is 5.65. The van der Waals surface area contributed by atoms with E-state index in [1.165, 1.54) is 12.1 Å². The first-order valence-corrected chi connectivity index (χ1v) is 5.79. The highest BCUT2D eigenvalue weighted by Gasteiger charge is 2.15. The molecule has 0 spiro atoms. The molecule has 1 heterocycles. The Bertz CT molecular complexity index is 432.